The molecule has 1 aliphatic heterocycles. The molecular weight excluding hydrogens is 506 g/mol. The van der Waals surface area contributed by atoms with Crippen LogP contribution in [0.4, 0.5) is 10.1 Å². The highest BCUT2D eigenvalue weighted by Crippen LogP contribution is 2.17. The van der Waals surface area contributed by atoms with Gasteiger partial charge in [0.1, 0.15) is 5.82 Å². The van der Waals surface area contributed by atoms with Crippen molar-refractivity contribution in [3.63, 3.8) is 0 Å². The van der Waals surface area contributed by atoms with Crippen molar-refractivity contribution in [1.29, 1.82) is 0 Å². The third-order valence-electron chi connectivity index (χ3n) is 5.34. The Hall–Kier alpha value is -2.62. The lowest BCUT2D eigenvalue weighted by Gasteiger charge is -2.37. The summed E-state index contributed by atoms with van der Waals surface area (Å²) in [4.78, 5) is 9.00. The molecule has 0 radical (unpaired) electrons. The highest BCUT2D eigenvalue weighted by atomic mass is 127. The predicted molar refractivity (Wildman–Crippen MR) is 134 cm³/mol. The number of anilines is 1. The standard InChI is InChI=1S/C23H27FN6.HI/c1-25-23(29-15-13-28(14-16-29)21-9-7-20(24)8-10-21)26-12-11-19-17-27-30(18-19)22-5-3-2-4-6-22;/h2-10,17-18H,11-16H2,1H3,(H,25,26);1H. The molecule has 0 spiro atoms. The zero-order valence-corrected chi connectivity index (χ0v) is 19.9. The molecule has 8 heteroatoms. The molecule has 1 aliphatic rings. The molecule has 2 heterocycles. The first-order chi connectivity index (χ1) is 14.7. The molecule has 0 aliphatic carbocycles. The highest BCUT2D eigenvalue weighted by Gasteiger charge is 2.19. The second-order valence-electron chi connectivity index (χ2n) is 7.30. The lowest BCUT2D eigenvalue weighted by atomic mass is 10.2. The Morgan fingerprint density at radius 1 is 1.00 bits per heavy atom. The van der Waals surface area contributed by atoms with E-state index in [1.54, 1.807) is 0 Å². The predicted octanol–water partition coefficient (Wildman–Crippen LogP) is 3.57. The summed E-state index contributed by atoms with van der Waals surface area (Å²) in [7, 11) is 1.82. The van der Waals surface area contributed by atoms with E-state index in [1.807, 2.05) is 60.4 Å². The number of nitrogens with one attached hydrogen (secondary N) is 1. The monoisotopic (exact) mass is 534 g/mol. The van der Waals surface area contributed by atoms with Crippen LogP contribution in [0.15, 0.2) is 72.0 Å². The molecular formula is C23H28FIN6. The number of para-hydroxylation sites is 1. The topological polar surface area (TPSA) is 48.7 Å². The third-order valence-corrected chi connectivity index (χ3v) is 5.34. The van der Waals surface area contributed by atoms with Crippen molar-refractivity contribution in [3.8, 4) is 5.69 Å². The summed E-state index contributed by atoms with van der Waals surface area (Å²) in [5, 5.41) is 7.93. The summed E-state index contributed by atoms with van der Waals surface area (Å²) in [6, 6.07) is 16.8. The van der Waals surface area contributed by atoms with Gasteiger partial charge in [-0.15, -0.1) is 24.0 Å². The number of halogens is 2. The molecule has 1 aromatic heterocycles. The van der Waals surface area contributed by atoms with Gasteiger partial charge in [-0.3, -0.25) is 4.99 Å². The number of hydrogen-bond donors (Lipinski definition) is 1. The average Bonchev–Trinajstić information content (AvgIpc) is 3.27. The number of hydrogen-bond acceptors (Lipinski definition) is 3. The molecule has 0 saturated carbocycles. The number of guanidine groups is 1. The number of aliphatic imine (C=N–C) groups is 1. The van der Waals surface area contributed by atoms with Crippen molar-refractivity contribution < 1.29 is 4.39 Å². The van der Waals surface area contributed by atoms with Gasteiger partial charge in [0.2, 0.25) is 0 Å². The van der Waals surface area contributed by atoms with Crippen LogP contribution in [0.1, 0.15) is 5.56 Å². The highest BCUT2D eigenvalue weighted by molar-refractivity contribution is 14.0. The van der Waals surface area contributed by atoms with Crippen molar-refractivity contribution >= 4 is 35.6 Å². The van der Waals surface area contributed by atoms with Gasteiger partial charge in [-0.1, -0.05) is 18.2 Å². The fourth-order valence-electron chi connectivity index (χ4n) is 3.69. The molecule has 2 aromatic carbocycles. The molecule has 4 rings (SSSR count). The summed E-state index contributed by atoms with van der Waals surface area (Å²) >= 11 is 0. The Labute approximate surface area is 199 Å². The Morgan fingerprint density at radius 3 is 2.39 bits per heavy atom. The van der Waals surface area contributed by atoms with Crippen LogP contribution in [0.25, 0.3) is 5.69 Å². The van der Waals surface area contributed by atoms with Gasteiger partial charge in [-0.05, 0) is 48.4 Å². The quantitative estimate of drug-likeness (QED) is 0.309. The number of piperazine rings is 1. The maximum Gasteiger partial charge on any atom is 0.193 e. The van der Waals surface area contributed by atoms with Crippen molar-refractivity contribution in [1.82, 2.24) is 20.0 Å². The summed E-state index contributed by atoms with van der Waals surface area (Å²) in [6.07, 6.45) is 4.86. The fraction of sp³-hybridized carbons (Fsp3) is 0.304. The van der Waals surface area contributed by atoms with Gasteiger partial charge in [-0.25, -0.2) is 9.07 Å². The van der Waals surface area contributed by atoms with E-state index in [9.17, 15) is 4.39 Å². The lowest BCUT2D eigenvalue weighted by molar-refractivity contribution is 0.373. The number of aromatic nitrogens is 2. The van der Waals surface area contributed by atoms with E-state index in [0.29, 0.717) is 0 Å². The minimum atomic E-state index is -0.198. The first kappa shape index (κ1) is 23.1. The maximum absolute atomic E-state index is 13.1. The van der Waals surface area contributed by atoms with E-state index in [1.165, 1.54) is 17.7 Å². The molecule has 1 N–H and O–H groups in total. The number of benzene rings is 2. The van der Waals surface area contributed by atoms with Crippen LogP contribution in [0.5, 0.6) is 0 Å². The summed E-state index contributed by atoms with van der Waals surface area (Å²) < 4.78 is 15.0. The normalized spacial score (nSPS) is 14.3. The van der Waals surface area contributed by atoms with Gasteiger partial charge in [0.25, 0.3) is 0 Å². The maximum atomic E-state index is 13.1. The Balaban J connectivity index is 0.00000272. The first-order valence-corrected chi connectivity index (χ1v) is 10.3. The van der Waals surface area contributed by atoms with Gasteiger partial charge in [0.15, 0.2) is 5.96 Å². The van der Waals surface area contributed by atoms with Gasteiger partial charge < -0.3 is 15.1 Å². The van der Waals surface area contributed by atoms with Crippen molar-refractivity contribution in [2.24, 2.45) is 4.99 Å². The minimum absolute atomic E-state index is 0. The van der Waals surface area contributed by atoms with Crippen LogP contribution in [-0.2, 0) is 6.42 Å². The largest absolute Gasteiger partial charge is 0.368 e. The van der Waals surface area contributed by atoms with Crippen molar-refractivity contribution in [3.05, 3.63) is 78.4 Å². The van der Waals surface area contributed by atoms with Gasteiger partial charge in [-0.2, -0.15) is 5.10 Å². The minimum Gasteiger partial charge on any atom is -0.368 e. The van der Waals surface area contributed by atoms with Crippen LogP contribution in [0, 0.1) is 5.82 Å². The van der Waals surface area contributed by atoms with E-state index in [-0.39, 0.29) is 29.8 Å². The second kappa shape index (κ2) is 11.1. The van der Waals surface area contributed by atoms with E-state index < -0.39 is 0 Å². The van der Waals surface area contributed by atoms with Crippen LogP contribution in [0.3, 0.4) is 0 Å². The molecule has 0 bridgehead atoms. The lowest BCUT2D eigenvalue weighted by Crippen LogP contribution is -2.52. The zero-order chi connectivity index (χ0) is 20.8. The Kier molecular flexibility index (Phi) is 8.27. The number of rotatable bonds is 5. The van der Waals surface area contributed by atoms with Gasteiger partial charge >= 0.3 is 0 Å². The molecule has 3 aromatic rings. The Bertz CT molecular complexity index is 965. The SMILES string of the molecule is CN=C(NCCc1cnn(-c2ccccc2)c1)N1CCN(c2ccc(F)cc2)CC1.I. The molecule has 6 nitrogen and oxygen atoms in total. The first-order valence-electron chi connectivity index (χ1n) is 10.3. The van der Waals surface area contributed by atoms with Gasteiger partial charge in [0.05, 0.1) is 11.9 Å². The van der Waals surface area contributed by atoms with Crippen LogP contribution < -0.4 is 10.2 Å². The van der Waals surface area contributed by atoms with Crippen LogP contribution in [-0.4, -0.2) is 60.4 Å². The van der Waals surface area contributed by atoms with E-state index >= 15 is 0 Å². The fourth-order valence-corrected chi connectivity index (χ4v) is 3.69. The summed E-state index contributed by atoms with van der Waals surface area (Å²) in [5.74, 6) is 0.723. The average molecular weight is 534 g/mol. The van der Waals surface area contributed by atoms with Crippen molar-refractivity contribution in [2.45, 2.75) is 6.42 Å². The van der Waals surface area contributed by atoms with Crippen molar-refractivity contribution in [2.75, 3.05) is 44.7 Å². The smallest absolute Gasteiger partial charge is 0.193 e. The molecule has 0 unspecified atom stereocenters. The zero-order valence-electron chi connectivity index (χ0n) is 17.6. The summed E-state index contributed by atoms with van der Waals surface area (Å²) in [5.41, 5.74) is 3.31. The molecule has 1 saturated heterocycles. The van der Waals surface area contributed by atoms with Crippen LogP contribution in [0.2, 0.25) is 0 Å². The molecule has 0 atom stereocenters. The third kappa shape index (κ3) is 5.96. The Morgan fingerprint density at radius 2 is 1.71 bits per heavy atom. The molecule has 164 valence electrons. The van der Waals surface area contributed by atoms with Gasteiger partial charge in [0, 0.05) is 51.7 Å². The molecule has 1 fully saturated rings. The molecule has 0 amide bonds. The van der Waals surface area contributed by atoms with E-state index in [4.69, 9.17) is 0 Å². The number of nitrogens with zero attached hydrogens (tertiary/aromatic N) is 5. The van der Waals surface area contributed by atoms with Crippen LogP contribution >= 0.6 is 24.0 Å². The summed E-state index contributed by atoms with van der Waals surface area (Å²) in [6.45, 7) is 4.32. The van der Waals surface area contributed by atoms with E-state index in [2.05, 4.69) is 31.4 Å². The van der Waals surface area contributed by atoms with E-state index in [0.717, 1.165) is 56.5 Å². The second-order valence-corrected chi connectivity index (χ2v) is 7.30. The molecule has 31 heavy (non-hydrogen) atoms.